The maximum absolute atomic E-state index is 13.6. The summed E-state index contributed by atoms with van der Waals surface area (Å²) in [4.78, 5) is -0.593. The van der Waals surface area contributed by atoms with Crippen LogP contribution in [0.25, 0.3) is 0 Å². The molecule has 0 aliphatic carbocycles. The Hall–Kier alpha value is -0.760. The van der Waals surface area contributed by atoms with Crippen LogP contribution in [0.2, 0.25) is 0 Å². The minimum absolute atomic E-state index is 0. The standard InChI is InChI=1S/C11H14F2N2O2S.ClH/c12-9-3-1-4-10(11(9)13)18(16,17)15-7-2-5-14-6-8-15;/h1,3-4,14H,2,5-8H2;1H. The van der Waals surface area contributed by atoms with E-state index in [9.17, 15) is 17.2 Å². The number of benzene rings is 1. The second-order valence-corrected chi connectivity index (χ2v) is 5.97. The van der Waals surface area contributed by atoms with Crippen molar-refractivity contribution in [1.82, 2.24) is 9.62 Å². The number of halogens is 3. The third kappa shape index (κ3) is 3.42. The molecule has 0 bridgehead atoms. The second kappa shape index (κ2) is 6.60. The number of nitrogens with one attached hydrogen (secondary N) is 1. The summed E-state index contributed by atoms with van der Waals surface area (Å²) in [5, 5.41) is 3.05. The van der Waals surface area contributed by atoms with Crippen LogP contribution in [0.15, 0.2) is 23.1 Å². The van der Waals surface area contributed by atoms with Crippen LogP contribution >= 0.6 is 12.4 Å². The van der Waals surface area contributed by atoms with E-state index in [2.05, 4.69) is 5.32 Å². The van der Waals surface area contributed by atoms with Gasteiger partial charge in [0, 0.05) is 19.6 Å². The predicted octanol–water partition coefficient (Wildman–Crippen LogP) is 1.37. The first-order chi connectivity index (χ1) is 8.53. The fourth-order valence-electron chi connectivity index (χ4n) is 1.88. The first-order valence-corrected chi connectivity index (χ1v) is 7.12. The highest BCUT2D eigenvalue weighted by molar-refractivity contribution is 7.89. The molecule has 108 valence electrons. The number of rotatable bonds is 2. The van der Waals surface area contributed by atoms with Gasteiger partial charge in [0.15, 0.2) is 11.6 Å². The maximum atomic E-state index is 13.6. The fraction of sp³-hybridized carbons (Fsp3) is 0.455. The Morgan fingerprint density at radius 2 is 1.89 bits per heavy atom. The molecule has 0 radical (unpaired) electrons. The lowest BCUT2D eigenvalue weighted by atomic mass is 10.3. The molecule has 2 rings (SSSR count). The first kappa shape index (κ1) is 16.3. The molecular formula is C11H15ClF2N2O2S. The monoisotopic (exact) mass is 312 g/mol. The molecule has 1 aliphatic heterocycles. The van der Waals surface area contributed by atoms with Gasteiger partial charge in [-0.15, -0.1) is 12.4 Å². The van der Waals surface area contributed by atoms with Crippen molar-refractivity contribution in [3.63, 3.8) is 0 Å². The van der Waals surface area contributed by atoms with Crippen LogP contribution in [0.4, 0.5) is 8.78 Å². The van der Waals surface area contributed by atoms with Gasteiger partial charge in [0.2, 0.25) is 10.0 Å². The lowest BCUT2D eigenvalue weighted by molar-refractivity contribution is 0.421. The van der Waals surface area contributed by atoms with Crippen molar-refractivity contribution >= 4 is 22.4 Å². The van der Waals surface area contributed by atoms with Crippen molar-refractivity contribution in [2.45, 2.75) is 11.3 Å². The van der Waals surface area contributed by atoms with E-state index in [0.29, 0.717) is 19.5 Å². The Labute approximate surface area is 117 Å². The van der Waals surface area contributed by atoms with Gasteiger partial charge in [0.05, 0.1) is 0 Å². The maximum Gasteiger partial charge on any atom is 0.246 e. The van der Waals surface area contributed by atoms with Gasteiger partial charge in [-0.25, -0.2) is 17.2 Å². The SMILES string of the molecule is Cl.O=S(=O)(c1cccc(F)c1F)N1CCCNCC1. The molecule has 4 nitrogen and oxygen atoms in total. The fourth-order valence-corrected chi connectivity index (χ4v) is 3.44. The van der Waals surface area contributed by atoms with E-state index >= 15 is 0 Å². The summed E-state index contributed by atoms with van der Waals surface area (Å²) in [6.07, 6.45) is 0.649. The molecule has 0 amide bonds. The van der Waals surface area contributed by atoms with E-state index in [1.165, 1.54) is 10.4 Å². The Balaban J connectivity index is 0.00000180. The Bertz CT molecular complexity index is 531. The average molecular weight is 313 g/mol. The topological polar surface area (TPSA) is 49.4 Å². The van der Waals surface area contributed by atoms with Crippen LogP contribution in [-0.2, 0) is 10.0 Å². The van der Waals surface area contributed by atoms with Crippen LogP contribution in [0.3, 0.4) is 0 Å². The smallest absolute Gasteiger partial charge is 0.246 e. The number of nitrogens with zero attached hydrogens (tertiary/aromatic N) is 1. The molecule has 1 aromatic carbocycles. The summed E-state index contributed by atoms with van der Waals surface area (Å²) < 4.78 is 52.2. The molecule has 0 atom stereocenters. The quantitative estimate of drug-likeness (QED) is 0.897. The highest BCUT2D eigenvalue weighted by atomic mass is 35.5. The zero-order valence-electron chi connectivity index (χ0n) is 10.1. The second-order valence-electron chi connectivity index (χ2n) is 4.06. The summed E-state index contributed by atoms with van der Waals surface area (Å²) in [5.41, 5.74) is 0. The number of hydrogen-bond acceptors (Lipinski definition) is 3. The molecule has 0 aromatic heterocycles. The van der Waals surface area contributed by atoms with E-state index in [1.807, 2.05) is 0 Å². The molecule has 0 unspecified atom stereocenters. The van der Waals surface area contributed by atoms with E-state index < -0.39 is 26.6 Å². The van der Waals surface area contributed by atoms with Gasteiger partial charge in [-0.05, 0) is 25.1 Å². The summed E-state index contributed by atoms with van der Waals surface area (Å²) in [7, 11) is -3.96. The number of hydrogen-bond donors (Lipinski definition) is 1. The van der Waals surface area contributed by atoms with E-state index in [4.69, 9.17) is 0 Å². The van der Waals surface area contributed by atoms with Crippen molar-refractivity contribution < 1.29 is 17.2 Å². The third-order valence-corrected chi connectivity index (χ3v) is 4.75. The summed E-state index contributed by atoms with van der Waals surface area (Å²) in [6, 6.07) is 3.19. The van der Waals surface area contributed by atoms with Crippen molar-refractivity contribution in [3.05, 3.63) is 29.8 Å². The van der Waals surface area contributed by atoms with Gasteiger partial charge in [-0.3, -0.25) is 0 Å². The zero-order valence-corrected chi connectivity index (χ0v) is 11.7. The van der Waals surface area contributed by atoms with Crippen molar-refractivity contribution in [3.8, 4) is 0 Å². The van der Waals surface area contributed by atoms with Crippen molar-refractivity contribution in [2.24, 2.45) is 0 Å². The molecule has 1 aromatic rings. The minimum atomic E-state index is -3.96. The summed E-state index contributed by atoms with van der Waals surface area (Å²) in [5.74, 6) is -2.46. The van der Waals surface area contributed by atoms with Crippen molar-refractivity contribution in [1.29, 1.82) is 0 Å². The molecule has 0 saturated carbocycles. The van der Waals surface area contributed by atoms with Crippen molar-refractivity contribution in [2.75, 3.05) is 26.2 Å². The molecule has 1 fully saturated rings. The average Bonchev–Trinajstić information content (AvgIpc) is 2.61. The largest absolute Gasteiger partial charge is 0.315 e. The van der Waals surface area contributed by atoms with E-state index in [0.717, 1.165) is 18.7 Å². The van der Waals surface area contributed by atoms with Crippen LogP contribution in [0.1, 0.15) is 6.42 Å². The van der Waals surface area contributed by atoms with Gasteiger partial charge in [-0.1, -0.05) is 6.07 Å². The van der Waals surface area contributed by atoms with Crippen LogP contribution in [0.5, 0.6) is 0 Å². The molecule has 19 heavy (non-hydrogen) atoms. The molecule has 8 heteroatoms. The van der Waals surface area contributed by atoms with Gasteiger partial charge < -0.3 is 5.32 Å². The van der Waals surface area contributed by atoms with Crippen LogP contribution < -0.4 is 5.32 Å². The molecule has 1 N–H and O–H groups in total. The molecule has 1 aliphatic rings. The highest BCUT2D eigenvalue weighted by Gasteiger charge is 2.28. The Morgan fingerprint density at radius 1 is 1.16 bits per heavy atom. The van der Waals surface area contributed by atoms with Crippen LogP contribution in [0, 0.1) is 11.6 Å². The highest BCUT2D eigenvalue weighted by Crippen LogP contribution is 2.21. The lowest BCUT2D eigenvalue weighted by Gasteiger charge is -2.19. The van der Waals surface area contributed by atoms with Crippen LogP contribution in [-0.4, -0.2) is 38.9 Å². The van der Waals surface area contributed by atoms with Gasteiger partial charge in [0.1, 0.15) is 4.90 Å². The Kier molecular flexibility index (Phi) is 5.66. The predicted molar refractivity (Wildman–Crippen MR) is 69.9 cm³/mol. The third-order valence-electron chi connectivity index (χ3n) is 2.83. The Morgan fingerprint density at radius 3 is 2.63 bits per heavy atom. The zero-order chi connectivity index (χ0) is 13.2. The van der Waals surface area contributed by atoms with Gasteiger partial charge in [-0.2, -0.15) is 4.31 Å². The molecular weight excluding hydrogens is 298 g/mol. The van der Waals surface area contributed by atoms with E-state index in [1.54, 1.807) is 0 Å². The van der Waals surface area contributed by atoms with E-state index in [-0.39, 0.29) is 19.0 Å². The minimum Gasteiger partial charge on any atom is -0.315 e. The van der Waals surface area contributed by atoms with Gasteiger partial charge >= 0.3 is 0 Å². The first-order valence-electron chi connectivity index (χ1n) is 5.68. The summed E-state index contributed by atoms with van der Waals surface area (Å²) >= 11 is 0. The molecule has 1 saturated heterocycles. The number of sulfonamides is 1. The molecule has 0 spiro atoms. The lowest BCUT2D eigenvalue weighted by Crippen LogP contribution is -2.34. The normalized spacial score (nSPS) is 17.6. The van der Waals surface area contributed by atoms with Gasteiger partial charge in [0.25, 0.3) is 0 Å². The molecule has 1 heterocycles. The summed E-state index contributed by atoms with van der Waals surface area (Å²) in [6.45, 7) is 1.80.